The highest BCUT2D eigenvalue weighted by atomic mass is 32.1. The van der Waals surface area contributed by atoms with E-state index in [2.05, 4.69) is 5.32 Å². The number of amides is 2. The molecule has 0 saturated heterocycles. The SMILES string of the molecule is CCCC(C(=O)OCC)c1cc(NC(=O)OCC)c(C(N)=O)s1. The van der Waals surface area contributed by atoms with Crippen molar-refractivity contribution in [1.29, 1.82) is 0 Å². The van der Waals surface area contributed by atoms with Crippen molar-refractivity contribution in [3.63, 3.8) is 0 Å². The Balaban J connectivity index is 3.12. The van der Waals surface area contributed by atoms with E-state index in [1.165, 1.54) is 0 Å². The van der Waals surface area contributed by atoms with Crippen LogP contribution in [0.3, 0.4) is 0 Å². The molecule has 0 aliphatic carbocycles. The molecule has 1 heterocycles. The highest BCUT2D eigenvalue weighted by Crippen LogP contribution is 2.35. The normalized spacial score (nSPS) is 11.6. The Morgan fingerprint density at radius 3 is 2.39 bits per heavy atom. The number of esters is 1. The molecule has 7 nitrogen and oxygen atoms in total. The second-order valence-electron chi connectivity index (χ2n) is 4.69. The Bertz CT molecular complexity index is 570. The first kappa shape index (κ1) is 19.0. The van der Waals surface area contributed by atoms with E-state index in [-0.39, 0.29) is 29.7 Å². The summed E-state index contributed by atoms with van der Waals surface area (Å²) in [6.45, 7) is 5.84. The molecule has 0 fully saturated rings. The van der Waals surface area contributed by atoms with Gasteiger partial charge in [0.2, 0.25) is 0 Å². The van der Waals surface area contributed by atoms with Crippen LogP contribution in [0.5, 0.6) is 0 Å². The second kappa shape index (κ2) is 9.14. The summed E-state index contributed by atoms with van der Waals surface area (Å²) in [5.74, 6) is -1.51. The van der Waals surface area contributed by atoms with Crippen LogP contribution >= 0.6 is 11.3 Å². The van der Waals surface area contributed by atoms with Crippen molar-refractivity contribution in [3.8, 4) is 0 Å². The first-order chi connectivity index (χ1) is 10.9. The predicted molar refractivity (Wildman–Crippen MR) is 87.8 cm³/mol. The third-order valence-corrected chi connectivity index (χ3v) is 4.24. The monoisotopic (exact) mass is 342 g/mol. The number of primary amides is 1. The molecule has 23 heavy (non-hydrogen) atoms. The van der Waals surface area contributed by atoms with E-state index >= 15 is 0 Å². The first-order valence-electron chi connectivity index (χ1n) is 7.48. The lowest BCUT2D eigenvalue weighted by Gasteiger charge is -2.12. The number of ether oxygens (including phenoxy) is 2. The van der Waals surface area contributed by atoms with Crippen LogP contribution in [0.4, 0.5) is 10.5 Å². The van der Waals surface area contributed by atoms with Gasteiger partial charge in [-0.3, -0.25) is 14.9 Å². The molecule has 3 N–H and O–H groups in total. The third kappa shape index (κ3) is 5.24. The second-order valence-corrected chi connectivity index (χ2v) is 5.78. The molecule has 0 bridgehead atoms. The Labute approximate surface area is 139 Å². The molecule has 2 amide bonds. The van der Waals surface area contributed by atoms with Crippen LogP contribution in [0.25, 0.3) is 0 Å². The Kier molecular flexibility index (Phi) is 7.53. The molecule has 0 spiro atoms. The van der Waals surface area contributed by atoms with E-state index in [4.69, 9.17) is 15.2 Å². The quantitative estimate of drug-likeness (QED) is 0.706. The van der Waals surface area contributed by atoms with Crippen LogP contribution in [-0.4, -0.2) is 31.2 Å². The van der Waals surface area contributed by atoms with Crippen molar-refractivity contribution in [2.75, 3.05) is 18.5 Å². The van der Waals surface area contributed by atoms with Crippen LogP contribution < -0.4 is 11.1 Å². The zero-order valence-corrected chi connectivity index (χ0v) is 14.3. The van der Waals surface area contributed by atoms with Crippen LogP contribution in [0.15, 0.2) is 6.07 Å². The minimum atomic E-state index is -0.678. The molecule has 0 aromatic carbocycles. The number of nitrogens with two attached hydrogens (primary N) is 1. The van der Waals surface area contributed by atoms with E-state index in [9.17, 15) is 14.4 Å². The molecule has 0 aliphatic heterocycles. The van der Waals surface area contributed by atoms with Gasteiger partial charge in [-0.25, -0.2) is 4.79 Å². The lowest BCUT2D eigenvalue weighted by Crippen LogP contribution is -2.17. The number of rotatable bonds is 8. The molecular formula is C15H22N2O5S. The van der Waals surface area contributed by atoms with Gasteiger partial charge in [-0.1, -0.05) is 13.3 Å². The molecule has 0 saturated carbocycles. The van der Waals surface area contributed by atoms with Crippen molar-refractivity contribution in [3.05, 3.63) is 15.8 Å². The van der Waals surface area contributed by atoms with Gasteiger partial charge >= 0.3 is 12.1 Å². The topological polar surface area (TPSA) is 108 Å². The first-order valence-corrected chi connectivity index (χ1v) is 8.30. The van der Waals surface area contributed by atoms with Gasteiger partial charge in [0, 0.05) is 4.88 Å². The number of nitrogens with one attached hydrogen (secondary N) is 1. The fourth-order valence-electron chi connectivity index (χ4n) is 2.04. The van der Waals surface area contributed by atoms with Gasteiger partial charge in [0.1, 0.15) is 4.88 Å². The maximum Gasteiger partial charge on any atom is 0.411 e. The molecule has 8 heteroatoms. The molecule has 0 aliphatic rings. The predicted octanol–water partition coefficient (Wildman–Crippen LogP) is 2.86. The summed E-state index contributed by atoms with van der Waals surface area (Å²) in [5.41, 5.74) is 5.60. The summed E-state index contributed by atoms with van der Waals surface area (Å²) in [4.78, 5) is 36.0. The zero-order chi connectivity index (χ0) is 17.4. The summed E-state index contributed by atoms with van der Waals surface area (Å²) in [6, 6.07) is 1.58. The molecule has 1 aromatic heterocycles. The van der Waals surface area contributed by atoms with Gasteiger partial charge < -0.3 is 15.2 Å². The van der Waals surface area contributed by atoms with Crippen molar-refractivity contribution in [2.24, 2.45) is 5.73 Å². The molecule has 1 unspecified atom stereocenters. The van der Waals surface area contributed by atoms with Crippen molar-refractivity contribution in [1.82, 2.24) is 0 Å². The van der Waals surface area contributed by atoms with E-state index in [1.807, 2.05) is 6.92 Å². The number of thiophene rings is 1. The van der Waals surface area contributed by atoms with Crippen LogP contribution in [0.1, 0.15) is 54.1 Å². The maximum atomic E-state index is 12.1. The average molecular weight is 342 g/mol. The molecule has 128 valence electrons. The highest BCUT2D eigenvalue weighted by Gasteiger charge is 2.26. The van der Waals surface area contributed by atoms with Gasteiger partial charge in [0.15, 0.2) is 0 Å². The standard InChI is InChI=1S/C15H22N2O5S/c1-4-7-9(14(19)21-5-2)11-8-10(12(23-11)13(16)18)17-15(20)22-6-3/h8-9H,4-7H2,1-3H3,(H2,16,18)(H,17,20). The third-order valence-electron chi connectivity index (χ3n) is 2.98. The van der Waals surface area contributed by atoms with Gasteiger partial charge in [0.25, 0.3) is 5.91 Å². The smallest absolute Gasteiger partial charge is 0.411 e. The van der Waals surface area contributed by atoms with Crippen molar-refractivity contribution < 1.29 is 23.9 Å². The molecular weight excluding hydrogens is 320 g/mol. The fraction of sp³-hybridized carbons (Fsp3) is 0.533. The molecule has 1 atom stereocenters. The summed E-state index contributed by atoms with van der Waals surface area (Å²) in [5, 5.41) is 2.48. The summed E-state index contributed by atoms with van der Waals surface area (Å²) in [6.07, 6.45) is 0.673. The fourth-order valence-corrected chi connectivity index (χ4v) is 3.13. The van der Waals surface area contributed by atoms with Crippen LogP contribution in [-0.2, 0) is 14.3 Å². The van der Waals surface area contributed by atoms with Gasteiger partial charge in [0.05, 0.1) is 24.8 Å². The zero-order valence-electron chi connectivity index (χ0n) is 13.5. The summed E-state index contributed by atoms with van der Waals surface area (Å²) in [7, 11) is 0. The van der Waals surface area contributed by atoms with Crippen molar-refractivity contribution >= 4 is 35.0 Å². The number of carbonyl (C=O) groups excluding carboxylic acids is 3. The number of anilines is 1. The highest BCUT2D eigenvalue weighted by molar-refractivity contribution is 7.14. The number of hydrogen-bond donors (Lipinski definition) is 2. The average Bonchev–Trinajstić information content (AvgIpc) is 2.88. The van der Waals surface area contributed by atoms with Crippen LogP contribution in [0, 0.1) is 0 Å². The maximum absolute atomic E-state index is 12.1. The Morgan fingerprint density at radius 1 is 1.22 bits per heavy atom. The lowest BCUT2D eigenvalue weighted by atomic mass is 10.0. The van der Waals surface area contributed by atoms with Gasteiger partial charge in [-0.2, -0.15) is 0 Å². The van der Waals surface area contributed by atoms with E-state index in [0.29, 0.717) is 11.3 Å². The lowest BCUT2D eigenvalue weighted by molar-refractivity contribution is -0.145. The van der Waals surface area contributed by atoms with Crippen molar-refractivity contribution in [2.45, 2.75) is 39.5 Å². The summed E-state index contributed by atoms with van der Waals surface area (Å²) >= 11 is 1.08. The minimum absolute atomic E-state index is 0.179. The molecule has 0 radical (unpaired) electrons. The van der Waals surface area contributed by atoms with Crippen LogP contribution in [0.2, 0.25) is 0 Å². The minimum Gasteiger partial charge on any atom is -0.465 e. The molecule has 1 aromatic rings. The van der Waals surface area contributed by atoms with Gasteiger partial charge in [-0.05, 0) is 26.3 Å². The number of hydrogen-bond acceptors (Lipinski definition) is 6. The van der Waals surface area contributed by atoms with E-state index in [0.717, 1.165) is 17.8 Å². The van der Waals surface area contributed by atoms with E-state index in [1.54, 1.807) is 19.9 Å². The Morgan fingerprint density at radius 2 is 1.87 bits per heavy atom. The molecule has 1 rings (SSSR count). The Hall–Kier alpha value is -2.09. The van der Waals surface area contributed by atoms with E-state index < -0.39 is 17.9 Å². The number of carbonyl (C=O) groups is 3. The summed E-state index contributed by atoms with van der Waals surface area (Å²) < 4.78 is 9.87. The largest absolute Gasteiger partial charge is 0.465 e. The van der Waals surface area contributed by atoms with Gasteiger partial charge in [-0.15, -0.1) is 11.3 Å².